The van der Waals surface area contributed by atoms with Crippen molar-refractivity contribution in [2.24, 2.45) is 7.05 Å². The summed E-state index contributed by atoms with van der Waals surface area (Å²) in [4.78, 5) is 16.6. The summed E-state index contributed by atoms with van der Waals surface area (Å²) in [6.45, 7) is 2.67. The van der Waals surface area contributed by atoms with Gasteiger partial charge in [0.05, 0.1) is 5.69 Å². The minimum atomic E-state index is 0.0827. The van der Waals surface area contributed by atoms with Gasteiger partial charge in [0, 0.05) is 42.1 Å². The highest BCUT2D eigenvalue weighted by atomic mass is 32.2. The van der Waals surface area contributed by atoms with E-state index < -0.39 is 0 Å². The predicted molar refractivity (Wildman–Crippen MR) is 126 cm³/mol. The molecular weight excluding hydrogens is 410 g/mol. The molecule has 30 heavy (non-hydrogen) atoms. The second-order valence-electron chi connectivity index (χ2n) is 7.27. The maximum atomic E-state index is 13.3. The fourth-order valence-electron chi connectivity index (χ4n) is 3.90. The Kier molecular flexibility index (Phi) is 4.76. The van der Waals surface area contributed by atoms with Crippen molar-refractivity contribution in [3.05, 3.63) is 85.9 Å². The summed E-state index contributed by atoms with van der Waals surface area (Å²) >= 11 is 3.25. The molecule has 0 radical (unpaired) electrons. The molecule has 5 rings (SSSR count). The maximum Gasteiger partial charge on any atom is 0.271 e. The van der Waals surface area contributed by atoms with Gasteiger partial charge in [-0.1, -0.05) is 36.0 Å². The van der Waals surface area contributed by atoms with E-state index in [0.29, 0.717) is 6.54 Å². The Morgan fingerprint density at radius 2 is 1.80 bits per heavy atom. The number of nitrogens with zero attached hydrogens (tertiary/aromatic N) is 3. The number of hydrogen-bond acceptors (Lipinski definition) is 4. The number of hydrogen-bond donors (Lipinski definition) is 0. The third-order valence-corrected chi connectivity index (χ3v) is 8.04. The van der Waals surface area contributed by atoms with E-state index in [9.17, 15) is 4.79 Å². The van der Waals surface area contributed by atoms with Crippen LogP contribution in [0.5, 0.6) is 0 Å². The van der Waals surface area contributed by atoms with Crippen molar-refractivity contribution in [1.82, 2.24) is 4.57 Å². The molecule has 1 aliphatic heterocycles. The van der Waals surface area contributed by atoms with Crippen LogP contribution in [0.15, 0.2) is 70.4 Å². The molecule has 2 aromatic heterocycles. The largest absolute Gasteiger partial charge is 0.337 e. The second kappa shape index (κ2) is 7.45. The fraction of sp³-hybridized carbons (Fsp3) is 0.167. The van der Waals surface area contributed by atoms with E-state index in [0.717, 1.165) is 25.6 Å². The van der Waals surface area contributed by atoms with Gasteiger partial charge in [0.15, 0.2) is 0 Å². The van der Waals surface area contributed by atoms with Crippen LogP contribution in [-0.2, 0) is 13.6 Å². The first-order chi connectivity index (χ1) is 14.6. The van der Waals surface area contributed by atoms with Crippen LogP contribution >= 0.6 is 23.1 Å². The molecule has 0 atom stereocenters. The van der Waals surface area contributed by atoms with E-state index >= 15 is 0 Å². The highest BCUT2D eigenvalue weighted by Gasteiger charge is 2.24. The van der Waals surface area contributed by atoms with Gasteiger partial charge >= 0.3 is 0 Å². The second-order valence-corrected chi connectivity index (χ2v) is 9.33. The zero-order valence-electron chi connectivity index (χ0n) is 17.1. The molecule has 4 aromatic rings. The zero-order chi connectivity index (χ0) is 20.8. The molecule has 0 fully saturated rings. The van der Waals surface area contributed by atoms with Gasteiger partial charge in [-0.15, -0.1) is 11.3 Å². The van der Waals surface area contributed by atoms with E-state index in [4.69, 9.17) is 0 Å². The van der Waals surface area contributed by atoms with Gasteiger partial charge in [-0.3, -0.25) is 9.36 Å². The lowest BCUT2D eigenvalue weighted by Crippen LogP contribution is -2.35. The molecule has 150 valence electrons. The highest BCUT2D eigenvalue weighted by molar-refractivity contribution is 8.08. The van der Waals surface area contributed by atoms with Gasteiger partial charge in [-0.05, 0) is 31.2 Å². The zero-order valence-corrected chi connectivity index (χ0v) is 18.8. The topological polar surface area (TPSA) is 29.1 Å². The number of para-hydroxylation sites is 2. The summed E-state index contributed by atoms with van der Waals surface area (Å²) in [5.41, 5.74) is 3.48. The van der Waals surface area contributed by atoms with Crippen LogP contribution in [-0.4, -0.2) is 11.6 Å². The molecule has 0 bridgehead atoms. The van der Waals surface area contributed by atoms with Crippen LogP contribution in [0.2, 0.25) is 0 Å². The number of aryl methyl sites for hydroxylation is 1. The van der Waals surface area contributed by atoms with E-state index in [1.54, 1.807) is 23.1 Å². The molecule has 0 amide bonds. The molecule has 0 unspecified atom stereocenters. The van der Waals surface area contributed by atoms with Gasteiger partial charge < -0.3 is 4.90 Å². The van der Waals surface area contributed by atoms with Crippen molar-refractivity contribution in [3.8, 4) is 0 Å². The van der Waals surface area contributed by atoms with Gasteiger partial charge in [0.1, 0.15) is 21.3 Å². The molecule has 0 N–H and O–H groups in total. The minimum Gasteiger partial charge on any atom is -0.337 e. The molecular formula is C24H22N3OS2+. The summed E-state index contributed by atoms with van der Waals surface area (Å²) in [5, 5.41) is 2.21. The minimum absolute atomic E-state index is 0.0827. The monoisotopic (exact) mass is 432 g/mol. The number of pyridine rings is 1. The van der Waals surface area contributed by atoms with Crippen molar-refractivity contribution in [3.63, 3.8) is 0 Å². The third-order valence-electron chi connectivity index (χ3n) is 5.55. The van der Waals surface area contributed by atoms with E-state index in [-0.39, 0.29) is 5.56 Å². The molecule has 0 spiro atoms. The molecule has 2 aromatic carbocycles. The van der Waals surface area contributed by atoms with E-state index in [2.05, 4.69) is 71.1 Å². The quantitative estimate of drug-likeness (QED) is 0.456. The Morgan fingerprint density at radius 1 is 1.03 bits per heavy atom. The Morgan fingerprint density at radius 3 is 2.60 bits per heavy atom. The van der Waals surface area contributed by atoms with E-state index in [1.807, 2.05) is 30.7 Å². The summed E-state index contributed by atoms with van der Waals surface area (Å²) in [6, 6.07) is 20.9. The Labute approximate surface area is 183 Å². The lowest BCUT2D eigenvalue weighted by Gasteiger charge is -2.11. The van der Waals surface area contributed by atoms with Gasteiger partial charge in [-0.2, -0.15) is 4.57 Å². The number of benzene rings is 2. The summed E-state index contributed by atoms with van der Waals surface area (Å²) in [6.07, 6.45) is 2.12. The molecule has 3 heterocycles. The van der Waals surface area contributed by atoms with Crippen LogP contribution < -0.4 is 24.2 Å². The number of fused-ring (bicyclic) bond motifs is 2. The van der Waals surface area contributed by atoms with Gasteiger partial charge in [-0.25, -0.2) is 0 Å². The van der Waals surface area contributed by atoms with Gasteiger partial charge in [0.25, 0.3) is 5.56 Å². The Hall–Kier alpha value is -2.83. The average Bonchev–Trinajstić information content (AvgIpc) is 3.26. The van der Waals surface area contributed by atoms with Crippen LogP contribution in [0.25, 0.3) is 22.0 Å². The predicted octanol–water partition coefficient (Wildman–Crippen LogP) is 3.04. The van der Waals surface area contributed by atoms with Crippen LogP contribution in [0.1, 0.15) is 12.6 Å². The van der Waals surface area contributed by atoms with Crippen LogP contribution in [0.4, 0.5) is 5.69 Å². The molecule has 0 saturated carbocycles. The van der Waals surface area contributed by atoms with Crippen molar-refractivity contribution in [1.29, 1.82) is 0 Å². The van der Waals surface area contributed by atoms with Crippen molar-refractivity contribution < 1.29 is 4.57 Å². The average molecular weight is 433 g/mol. The molecule has 4 nitrogen and oxygen atoms in total. The Balaban J connectivity index is 1.73. The maximum absolute atomic E-state index is 13.3. The molecule has 0 aliphatic carbocycles. The number of thioether (sulfide) groups is 1. The number of thiazole rings is 1. The first-order valence-corrected chi connectivity index (χ1v) is 11.6. The third kappa shape index (κ3) is 2.99. The standard InChI is InChI=1S/C24H22N3OS2/c1-4-27-21(15-17-14-13-16-9-5-6-10-18(16)25(17)2)30-22(23(27)28)24-26(3)19-11-7-8-12-20(19)29-24/h5-15H,4H2,1-3H3/q+1. The van der Waals surface area contributed by atoms with Gasteiger partial charge in [0.2, 0.25) is 11.2 Å². The summed E-state index contributed by atoms with van der Waals surface area (Å²) in [7, 11) is 4.11. The van der Waals surface area contributed by atoms with Crippen molar-refractivity contribution in [2.45, 2.75) is 18.4 Å². The molecule has 0 saturated heterocycles. The fourth-order valence-corrected chi connectivity index (χ4v) is 6.36. The SMILES string of the molecule is CCn1c(=Cc2ccc3ccccc3[n+]2C)sc(=C2Sc3ccccc3N2C)c1=O. The smallest absolute Gasteiger partial charge is 0.271 e. The van der Waals surface area contributed by atoms with Crippen LogP contribution in [0, 0.1) is 0 Å². The summed E-state index contributed by atoms with van der Waals surface area (Å²) in [5.74, 6) is 0. The first kappa shape index (κ1) is 19.2. The lowest BCUT2D eigenvalue weighted by atomic mass is 10.2. The van der Waals surface area contributed by atoms with Crippen molar-refractivity contribution >= 4 is 50.8 Å². The first-order valence-electron chi connectivity index (χ1n) is 9.92. The number of anilines is 1. The Bertz CT molecular complexity index is 1470. The molecule has 1 aliphatic rings. The highest BCUT2D eigenvalue weighted by Crippen LogP contribution is 2.44. The van der Waals surface area contributed by atoms with Crippen molar-refractivity contribution in [2.75, 3.05) is 11.9 Å². The normalized spacial score (nSPS) is 15.8. The van der Waals surface area contributed by atoms with Crippen LogP contribution in [0.3, 0.4) is 0 Å². The number of rotatable bonds is 2. The van der Waals surface area contributed by atoms with E-state index in [1.165, 1.54) is 15.8 Å². The lowest BCUT2D eigenvalue weighted by molar-refractivity contribution is -0.646. The number of aromatic nitrogens is 2. The summed E-state index contributed by atoms with van der Waals surface area (Å²) < 4.78 is 5.83. The molecule has 6 heteroatoms.